The maximum absolute atomic E-state index is 12.5. The predicted molar refractivity (Wildman–Crippen MR) is 103 cm³/mol. The Morgan fingerprint density at radius 3 is 2.64 bits per heavy atom. The van der Waals surface area contributed by atoms with Gasteiger partial charge in [-0.1, -0.05) is 30.9 Å². The van der Waals surface area contributed by atoms with Gasteiger partial charge in [0.2, 0.25) is 5.91 Å². The first-order chi connectivity index (χ1) is 13.6. The third kappa shape index (κ3) is 4.78. The maximum Gasteiger partial charge on any atom is 0.255 e. The van der Waals surface area contributed by atoms with Crippen molar-refractivity contribution in [3.63, 3.8) is 0 Å². The van der Waals surface area contributed by atoms with Gasteiger partial charge in [-0.15, -0.1) is 5.10 Å². The number of carbonyl (C=O) groups is 2. The molecule has 2 amide bonds. The van der Waals surface area contributed by atoms with Crippen LogP contribution in [0.15, 0.2) is 18.5 Å². The van der Waals surface area contributed by atoms with Gasteiger partial charge < -0.3 is 15.4 Å². The van der Waals surface area contributed by atoms with Crippen LogP contribution in [0.25, 0.3) is 5.69 Å². The van der Waals surface area contributed by atoms with Gasteiger partial charge in [0.25, 0.3) is 5.91 Å². The second-order valence-electron chi connectivity index (χ2n) is 6.64. The summed E-state index contributed by atoms with van der Waals surface area (Å²) in [6.07, 6.45) is 6.71. The van der Waals surface area contributed by atoms with Crippen molar-refractivity contribution in [1.29, 1.82) is 0 Å². The van der Waals surface area contributed by atoms with Crippen molar-refractivity contribution in [2.45, 2.75) is 32.1 Å². The molecule has 28 heavy (non-hydrogen) atoms. The van der Waals surface area contributed by atoms with Gasteiger partial charge in [0, 0.05) is 25.1 Å². The van der Waals surface area contributed by atoms with Gasteiger partial charge in [-0.2, -0.15) is 4.68 Å². The molecule has 1 fully saturated rings. The first-order valence-corrected chi connectivity index (χ1v) is 9.64. The number of rotatable bonds is 7. The van der Waals surface area contributed by atoms with E-state index in [0.717, 1.165) is 25.7 Å². The number of tetrazole rings is 1. The summed E-state index contributed by atoms with van der Waals surface area (Å²) >= 11 is 6.27. The zero-order valence-electron chi connectivity index (χ0n) is 15.7. The summed E-state index contributed by atoms with van der Waals surface area (Å²) in [5, 5.41) is 16.9. The van der Waals surface area contributed by atoms with E-state index in [1.165, 1.54) is 30.6 Å². The van der Waals surface area contributed by atoms with Crippen LogP contribution in [0, 0.1) is 5.92 Å². The van der Waals surface area contributed by atoms with Crippen molar-refractivity contribution < 1.29 is 14.3 Å². The van der Waals surface area contributed by atoms with Gasteiger partial charge in [-0.25, -0.2) is 0 Å². The Bertz CT molecular complexity index is 821. The fourth-order valence-electron chi connectivity index (χ4n) is 3.30. The van der Waals surface area contributed by atoms with Crippen LogP contribution in [-0.2, 0) is 4.79 Å². The van der Waals surface area contributed by atoms with E-state index in [4.69, 9.17) is 16.3 Å². The third-order valence-electron chi connectivity index (χ3n) is 4.80. The Balaban J connectivity index is 1.56. The number of methoxy groups -OCH3 is 1. The minimum absolute atomic E-state index is 0.0698. The topological polar surface area (TPSA) is 111 Å². The Morgan fingerprint density at radius 1 is 1.21 bits per heavy atom. The van der Waals surface area contributed by atoms with E-state index in [1.807, 2.05) is 0 Å². The molecule has 0 aliphatic heterocycles. The normalized spacial score (nSPS) is 14.5. The predicted octanol–water partition coefficient (Wildman–Crippen LogP) is 1.75. The lowest BCUT2D eigenvalue weighted by atomic mass is 9.89. The average molecular weight is 407 g/mol. The van der Waals surface area contributed by atoms with Gasteiger partial charge in [0.1, 0.15) is 12.1 Å². The fourth-order valence-corrected chi connectivity index (χ4v) is 3.55. The highest BCUT2D eigenvalue weighted by Crippen LogP contribution is 2.29. The Labute approximate surface area is 167 Å². The van der Waals surface area contributed by atoms with E-state index in [0.29, 0.717) is 35.1 Å². The summed E-state index contributed by atoms with van der Waals surface area (Å²) in [6, 6.07) is 3.10. The maximum atomic E-state index is 12.5. The lowest BCUT2D eigenvalue weighted by Crippen LogP contribution is -2.38. The molecule has 0 atom stereocenters. The smallest absolute Gasteiger partial charge is 0.255 e. The summed E-state index contributed by atoms with van der Waals surface area (Å²) in [5.74, 6) is 0.176. The van der Waals surface area contributed by atoms with E-state index in [2.05, 4.69) is 26.2 Å². The van der Waals surface area contributed by atoms with Crippen molar-refractivity contribution in [3.8, 4) is 11.4 Å². The number of halogens is 1. The number of hydrogen-bond donors (Lipinski definition) is 2. The molecule has 0 bridgehead atoms. The molecule has 1 aliphatic rings. The molecule has 1 heterocycles. The monoisotopic (exact) mass is 406 g/mol. The number of amides is 2. The molecule has 1 aliphatic carbocycles. The molecule has 1 aromatic heterocycles. The largest absolute Gasteiger partial charge is 0.496 e. The lowest BCUT2D eigenvalue weighted by Gasteiger charge is -2.20. The Kier molecular flexibility index (Phi) is 6.80. The average Bonchev–Trinajstić information content (AvgIpc) is 3.26. The molecule has 0 radical (unpaired) electrons. The van der Waals surface area contributed by atoms with Crippen molar-refractivity contribution in [1.82, 2.24) is 30.8 Å². The van der Waals surface area contributed by atoms with Crippen LogP contribution in [0.3, 0.4) is 0 Å². The molecule has 0 unspecified atom stereocenters. The van der Waals surface area contributed by atoms with E-state index in [9.17, 15) is 9.59 Å². The quantitative estimate of drug-likeness (QED) is 0.677. The molecule has 0 spiro atoms. The minimum atomic E-state index is -0.339. The minimum Gasteiger partial charge on any atom is -0.496 e. The van der Waals surface area contributed by atoms with Crippen molar-refractivity contribution in [2.24, 2.45) is 5.92 Å². The molecule has 2 N–H and O–H groups in total. The number of aromatic nitrogens is 4. The van der Waals surface area contributed by atoms with E-state index >= 15 is 0 Å². The van der Waals surface area contributed by atoms with Gasteiger partial charge >= 0.3 is 0 Å². The van der Waals surface area contributed by atoms with Gasteiger partial charge in [-0.05, 0) is 29.3 Å². The molecule has 0 saturated heterocycles. The molecule has 9 nitrogen and oxygen atoms in total. The van der Waals surface area contributed by atoms with Crippen LogP contribution < -0.4 is 15.4 Å². The molecular formula is C18H23ClN6O3. The standard InChI is InChI=1S/C18H23ClN6O3/c1-28-16-10-15(25-11-22-23-24-25)14(19)9-13(16)18(27)21-8-7-20-17(26)12-5-3-2-4-6-12/h9-12H,2-8H2,1H3,(H,20,26)(H,21,27). The van der Waals surface area contributed by atoms with Crippen LogP contribution in [0.2, 0.25) is 5.02 Å². The summed E-state index contributed by atoms with van der Waals surface area (Å²) in [5.41, 5.74) is 0.794. The van der Waals surface area contributed by atoms with E-state index in [-0.39, 0.29) is 17.7 Å². The zero-order valence-corrected chi connectivity index (χ0v) is 16.4. The van der Waals surface area contributed by atoms with Crippen LogP contribution in [0.1, 0.15) is 42.5 Å². The van der Waals surface area contributed by atoms with Crippen molar-refractivity contribution >= 4 is 23.4 Å². The van der Waals surface area contributed by atoms with Crippen molar-refractivity contribution in [3.05, 3.63) is 29.0 Å². The van der Waals surface area contributed by atoms with Gasteiger partial charge in [-0.3, -0.25) is 9.59 Å². The molecule has 2 aromatic rings. The molecule has 150 valence electrons. The zero-order chi connectivity index (χ0) is 19.9. The summed E-state index contributed by atoms with van der Waals surface area (Å²) in [4.78, 5) is 24.6. The number of ether oxygens (including phenoxy) is 1. The molecule has 1 aromatic carbocycles. The van der Waals surface area contributed by atoms with Crippen LogP contribution >= 0.6 is 11.6 Å². The van der Waals surface area contributed by atoms with E-state index < -0.39 is 0 Å². The van der Waals surface area contributed by atoms with Crippen LogP contribution in [0.5, 0.6) is 5.75 Å². The number of benzene rings is 1. The molecular weight excluding hydrogens is 384 g/mol. The number of nitrogens with one attached hydrogen (secondary N) is 2. The Morgan fingerprint density at radius 2 is 1.96 bits per heavy atom. The highest BCUT2D eigenvalue weighted by molar-refractivity contribution is 6.33. The Hall–Kier alpha value is -2.68. The van der Waals surface area contributed by atoms with Crippen molar-refractivity contribution in [2.75, 3.05) is 20.2 Å². The first kappa shape index (κ1) is 20.1. The molecule has 3 rings (SSSR count). The number of nitrogens with zero attached hydrogens (tertiary/aromatic N) is 4. The number of carbonyl (C=O) groups excluding carboxylic acids is 2. The molecule has 10 heteroatoms. The SMILES string of the molecule is COc1cc(-n2cnnn2)c(Cl)cc1C(=O)NCCNC(=O)C1CCCCC1. The van der Waals surface area contributed by atoms with Crippen LogP contribution in [0.4, 0.5) is 0 Å². The van der Waals surface area contributed by atoms with E-state index in [1.54, 1.807) is 6.07 Å². The second-order valence-corrected chi connectivity index (χ2v) is 7.05. The lowest BCUT2D eigenvalue weighted by molar-refractivity contribution is -0.125. The molecule has 1 saturated carbocycles. The second kappa shape index (κ2) is 9.50. The third-order valence-corrected chi connectivity index (χ3v) is 5.10. The number of hydrogen-bond acceptors (Lipinski definition) is 6. The summed E-state index contributed by atoms with van der Waals surface area (Å²) in [6.45, 7) is 0.687. The van der Waals surface area contributed by atoms with Crippen LogP contribution in [-0.4, -0.2) is 52.2 Å². The summed E-state index contributed by atoms with van der Waals surface area (Å²) < 4.78 is 6.70. The highest BCUT2D eigenvalue weighted by atomic mass is 35.5. The fraction of sp³-hybridized carbons (Fsp3) is 0.500. The van der Waals surface area contributed by atoms with Gasteiger partial charge in [0.15, 0.2) is 0 Å². The first-order valence-electron chi connectivity index (χ1n) is 9.27. The highest BCUT2D eigenvalue weighted by Gasteiger charge is 2.21. The summed E-state index contributed by atoms with van der Waals surface area (Å²) in [7, 11) is 1.47. The van der Waals surface area contributed by atoms with Gasteiger partial charge in [0.05, 0.1) is 23.4 Å².